The highest BCUT2D eigenvalue weighted by Gasteiger charge is 2.26. The fourth-order valence-electron chi connectivity index (χ4n) is 1.82. The van der Waals surface area contributed by atoms with Gasteiger partial charge in [-0.15, -0.1) is 0 Å². The molecular formula is C12H23NO3. The van der Waals surface area contributed by atoms with Crippen molar-refractivity contribution in [1.29, 1.82) is 0 Å². The predicted molar refractivity (Wildman–Crippen MR) is 61.9 cm³/mol. The monoisotopic (exact) mass is 229 g/mol. The van der Waals surface area contributed by atoms with Crippen molar-refractivity contribution >= 4 is 5.97 Å². The van der Waals surface area contributed by atoms with Crippen LogP contribution in [0.15, 0.2) is 0 Å². The Morgan fingerprint density at radius 2 is 1.88 bits per heavy atom. The van der Waals surface area contributed by atoms with Crippen LogP contribution in [0.3, 0.4) is 0 Å². The van der Waals surface area contributed by atoms with E-state index >= 15 is 0 Å². The van der Waals surface area contributed by atoms with Crippen LogP contribution in [0.4, 0.5) is 0 Å². The second-order valence-corrected chi connectivity index (χ2v) is 4.86. The number of esters is 1. The van der Waals surface area contributed by atoms with E-state index in [1.807, 2.05) is 20.8 Å². The van der Waals surface area contributed by atoms with E-state index in [1.54, 1.807) is 0 Å². The third-order valence-electron chi connectivity index (χ3n) is 3.22. The summed E-state index contributed by atoms with van der Waals surface area (Å²) in [5.41, 5.74) is 5.74. The summed E-state index contributed by atoms with van der Waals surface area (Å²) >= 11 is 0. The van der Waals surface area contributed by atoms with Gasteiger partial charge in [0.05, 0.1) is 0 Å². The molecule has 1 aliphatic rings. The van der Waals surface area contributed by atoms with Gasteiger partial charge in [0, 0.05) is 19.1 Å². The summed E-state index contributed by atoms with van der Waals surface area (Å²) in [6, 6.07) is -0.512. The Bertz CT molecular complexity index is 224. The fourth-order valence-corrected chi connectivity index (χ4v) is 1.82. The highest BCUT2D eigenvalue weighted by atomic mass is 16.5. The van der Waals surface area contributed by atoms with E-state index in [1.165, 1.54) is 0 Å². The van der Waals surface area contributed by atoms with Crippen molar-refractivity contribution < 1.29 is 14.3 Å². The minimum Gasteiger partial charge on any atom is -0.461 e. The molecule has 0 spiro atoms. The highest BCUT2D eigenvalue weighted by molar-refractivity contribution is 5.75. The molecule has 4 heteroatoms. The molecule has 4 nitrogen and oxygen atoms in total. The quantitative estimate of drug-likeness (QED) is 0.739. The molecule has 16 heavy (non-hydrogen) atoms. The van der Waals surface area contributed by atoms with Crippen LogP contribution in [-0.2, 0) is 14.3 Å². The molecule has 0 aromatic rings. The maximum atomic E-state index is 11.7. The summed E-state index contributed by atoms with van der Waals surface area (Å²) < 4.78 is 10.7. The van der Waals surface area contributed by atoms with Crippen LogP contribution in [-0.4, -0.2) is 31.3 Å². The van der Waals surface area contributed by atoms with Crippen molar-refractivity contribution in [2.75, 3.05) is 13.2 Å². The molecule has 0 aliphatic carbocycles. The zero-order valence-electron chi connectivity index (χ0n) is 10.4. The molecular weight excluding hydrogens is 206 g/mol. The van der Waals surface area contributed by atoms with Crippen molar-refractivity contribution in [1.82, 2.24) is 0 Å². The Balaban J connectivity index is 2.37. The number of ether oxygens (including phenoxy) is 2. The van der Waals surface area contributed by atoms with E-state index in [0.717, 1.165) is 26.1 Å². The Kier molecular flexibility index (Phi) is 5.22. The van der Waals surface area contributed by atoms with E-state index in [2.05, 4.69) is 0 Å². The lowest BCUT2D eigenvalue weighted by atomic mass is 9.95. The van der Waals surface area contributed by atoms with Gasteiger partial charge in [-0.2, -0.15) is 0 Å². The lowest BCUT2D eigenvalue weighted by molar-refractivity contribution is -0.155. The van der Waals surface area contributed by atoms with Crippen LogP contribution in [0.2, 0.25) is 0 Å². The Morgan fingerprint density at radius 3 is 2.38 bits per heavy atom. The Morgan fingerprint density at radius 1 is 1.31 bits per heavy atom. The molecule has 2 N–H and O–H groups in total. The number of hydrogen-bond donors (Lipinski definition) is 1. The summed E-state index contributed by atoms with van der Waals surface area (Å²) in [6.07, 6.45) is 1.87. The molecule has 0 saturated carbocycles. The van der Waals surface area contributed by atoms with Crippen molar-refractivity contribution in [2.24, 2.45) is 17.6 Å². The zero-order valence-corrected chi connectivity index (χ0v) is 10.4. The van der Waals surface area contributed by atoms with Crippen molar-refractivity contribution in [3.63, 3.8) is 0 Å². The first-order chi connectivity index (χ1) is 7.52. The normalized spacial score (nSPS) is 21.8. The highest BCUT2D eigenvalue weighted by Crippen LogP contribution is 2.21. The first-order valence-corrected chi connectivity index (χ1v) is 6.06. The smallest absolute Gasteiger partial charge is 0.323 e. The number of carbonyl (C=O) groups is 1. The van der Waals surface area contributed by atoms with Gasteiger partial charge in [-0.05, 0) is 25.7 Å². The fraction of sp³-hybridized carbons (Fsp3) is 0.917. The molecule has 1 aliphatic heterocycles. The number of carbonyl (C=O) groups excluding carboxylic acids is 1. The lowest BCUT2D eigenvalue weighted by Crippen LogP contribution is -2.40. The molecule has 2 atom stereocenters. The van der Waals surface area contributed by atoms with E-state index in [-0.39, 0.29) is 18.0 Å². The largest absolute Gasteiger partial charge is 0.461 e. The molecule has 1 rings (SSSR count). The van der Waals surface area contributed by atoms with Gasteiger partial charge in [0.15, 0.2) is 0 Å². The van der Waals surface area contributed by atoms with Gasteiger partial charge in [-0.1, -0.05) is 13.8 Å². The van der Waals surface area contributed by atoms with Gasteiger partial charge < -0.3 is 15.2 Å². The topological polar surface area (TPSA) is 61.6 Å². The van der Waals surface area contributed by atoms with E-state index in [4.69, 9.17) is 15.2 Å². The molecule has 0 aromatic carbocycles. The predicted octanol–water partition coefficient (Wildman–Crippen LogP) is 1.33. The van der Waals surface area contributed by atoms with Gasteiger partial charge in [-0.3, -0.25) is 4.79 Å². The molecule has 0 radical (unpaired) electrons. The molecule has 0 aromatic heterocycles. The summed E-state index contributed by atoms with van der Waals surface area (Å²) in [5, 5.41) is 0. The molecule has 1 saturated heterocycles. The van der Waals surface area contributed by atoms with E-state index in [0.29, 0.717) is 5.92 Å². The van der Waals surface area contributed by atoms with Crippen molar-refractivity contribution in [3.8, 4) is 0 Å². The second-order valence-electron chi connectivity index (χ2n) is 4.86. The number of rotatable bonds is 4. The van der Waals surface area contributed by atoms with Crippen LogP contribution < -0.4 is 5.73 Å². The average Bonchev–Trinajstić information content (AvgIpc) is 2.28. The molecule has 94 valence electrons. The first-order valence-electron chi connectivity index (χ1n) is 6.06. The Labute approximate surface area is 97.5 Å². The standard InChI is InChI=1S/C12H23NO3/c1-8(2)11(13)12(14)16-9(3)10-4-6-15-7-5-10/h8-11H,4-7,13H2,1-3H3. The lowest BCUT2D eigenvalue weighted by Gasteiger charge is -2.28. The zero-order chi connectivity index (χ0) is 12.1. The first kappa shape index (κ1) is 13.5. The number of nitrogens with two attached hydrogens (primary N) is 1. The van der Waals surface area contributed by atoms with Gasteiger partial charge >= 0.3 is 5.97 Å². The minimum atomic E-state index is -0.512. The Hall–Kier alpha value is -0.610. The van der Waals surface area contributed by atoms with E-state index in [9.17, 15) is 4.79 Å². The molecule has 1 heterocycles. The van der Waals surface area contributed by atoms with Crippen molar-refractivity contribution in [2.45, 2.75) is 45.8 Å². The second kappa shape index (κ2) is 6.21. The van der Waals surface area contributed by atoms with Crippen LogP contribution >= 0.6 is 0 Å². The van der Waals surface area contributed by atoms with Crippen LogP contribution in [0, 0.1) is 11.8 Å². The molecule has 1 fully saturated rings. The van der Waals surface area contributed by atoms with Gasteiger partial charge in [0.2, 0.25) is 0 Å². The van der Waals surface area contributed by atoms with Gasteiger partial charge in [0.1, 0.15) is 12.1 Å². The average molecular weight is 229 g/mol. The van der Waals surface area contributed by atoms with Crippen LogP contribution in [0.1, 0.15) is 33.6 Å². The maximum Gasteiger partial charge on any atom is 0.323 e. The molecule has 0 amide bonds. The third-order valence-corrected chi connectivity index (χ3v) is 3.22. The summed E-state index contributed by atoms with van der Waals surface area (Å²) in [4.78, 5) is 11.7. The summed E-state index contributed by atoms with van der Waals surface area (Å²) in [7, 11) is 0. The van der Waals surface area contributed by atoms with Gasteiger partial charge in [0.25, 0.3) is 0 Å². The molecule has 2 unspecified atom stereocenters. The minimum absolute atomic E-state index is 0.0544. The van der Waals surface area contributed by atoms with Gasteiger partial charge in [-0.25, -0.2) is 0 Å². The molecule has 0 bridgehead atoms. The van der Waals surface area contributed by atoms with Crippen LogP contribution in [0.25, 0.3) is 0 Å². The van der Waals surface area contributed by atoms with Crippen LogP contribution in [0.5, 0.6) is 0 Å². The third kappa shape index (κ3) is 3.76. The summed E-state index contributed by atoms with van der Waals surface area (Å²) in [6.45, 7) is 7.32. The SMILES string of the molecule is CC(C)C(N)C(=O)OC(C)C1CCOCC1. The summed E-state index contributed by atoms with van der Waals surface area (Å²) in [5.74, 6) is 0.250. The van der Waals surface area contributed by atoms with E-state index < -0.39 is 6.04 Å². The maximum absolute atomic E-state index is 11.7. The van der Waals surface area contributed by atoms with Crippen molar-refractivity contribution in [3.05, 3.63) is 0 Å². The number of hydrogen-bond acceptors (Lipinski definition) is 4.